The van der Waals surface area contributed by atoms with Gasteiger partial charge in [-0.2, -0.15) is 5.53 Å². The maximum atomic E-state index is 12.9. The van der Waals surface area contributed by atoms with Gasteiger partial charge in [0.05, 0.1) is 5.75 Å². The molecule has 1 fully saturated rings. The lowest BCUT2D eigenvalue weighted by atomic mass is 10.1. The lowest BCUT2D eigenvalue weighted by Gasteiger charge is -2.18. The van der Waals surface area contributed by atoms with E-state index in [-0.39, 0.29) is 10.6 Å². The summed E-state index contributed by atoms with van der Waals surface area (Å²) in [6, 6.07) is 5.43. The third-order valence-corrected chi connectivity index (χ3v) is 7.48. The molecule has 1 aromatic carbocycles. The standard InChI is InChI=1S/C22H37N3O2S/c1-2-3-4-5-6-7-8-9-10-13-18-28(26,27)22-19-20(14-15-21(22)24-23)25-16-11-12-17-25/h14-15,19,23H,2-13,16-18H2,1H3/p+1. The second-order valence-electron chi connectivity index (χ2n) is 7.98. The van der Waals surface area contributed by atoms with E-state index in [9.17, 15) is 8.42 Å². The minimum Gasteiger partial charge on any atom is -0.371 e. The molecule has 5 nitrogen and oxygen atoms in total. The Morgan fingerprint density at radius 3 is 2.07 bits per heavy atom. The molecule has 0 atom stereocenters. The van der Waals surface area contributed by atoms with Crippen LogP contribution in [0.25, 0.3) is 0 Å². The van der Waals surface area contributed by atoms with Crippen molar-refractivity contribution >= 4 is 21.2 Å². The van der Waals surface area contributed by atoms with E-state index in [1.807, 2.05) is 6.07 Å². The third kappa shape index (κ3) is 7.19. The van der Waals surface area contributed by atoms with Gasteiger partial charge in [0.2, 0.25) is 0 Å². The largest absolute Gasteiger partial charge is 0.371 e. The van der Waals surface area contributed by atoms with E-state index in [0.717, 1.165) is 44.5 Å². The Kier molecular flexibility index (Phi) is 9.96. The van der Waals surface area contributed by atoms with Gasteiger partial charge in [0.15, 0.2) is 9.84 Å². The fraction of sp³-hybridized carbons (Fsp3) is 0.727. The van der Waals surface area contributed by atoms with Crippen LogP contribution in [-0.4, -0.2) is 27.3 Å². The summed E-state index contributed by atoms with van der Waals surface area (Å²) >= 11 is 0. The molecule has 0 spiro atoms. The first kappa shape index (κ1) is 22.9. The summed E-state index contributed by atoms with van der Waals surface area (Å²) in [5.74, 6) is 0.176. The molecule has 1 saturated heterocycles. The van der Waals surface area contributed by atoms with Crippen LogP contribution in [0.15, 0.2) is 28.2 Å². The first-order chi connectivity index (χ1) is 13.6. The van der Waals surface area contributed by atoms with Crippen LogP contribution in [0.2, 0.25) is 0 Å². The predicted molar refractivity (Wildman–Crippen MR) is 116 cm³/mol. The number of benzene rings is 1. The summed E-state index contributed by atoms with van der Waals surface area (Å²) in [6.45, 7) is 4.20. The highest BCUT2D eigenvalue weighted by Gasteiger charge is 2.22. The number of anilines is 1. The summed E-state index contributed by atoms with van der Waals surface area (Å²) in [5, 5.41) is 3.71. The van der Waals surface area contributed by atoms with Crippen molar-refractivity contribution in [3.63, 3.8) is 0 Å². The Hall–Kier alpha value is -1.43. The van der Waals surface area contributed by atoms with Crippen LogP contribution in [-0.2, 0) is 9.84 Å². The first-order valence-electron chi connectivity index (χ1n) is 11.1. The Bertz CT molecular complexity index is 698. The van der Waals surface area contributed by atoms with E-state index in [0.29, 0.717) is 12.1 Å². The lowest BCUT2D eigenvalue weighted by Crippen LogP contribution is -2.23. The van der Waals surface area contributed by atoms with E-state index in [2.05, 4.69) is 16.9 Å². The molecule has 1 aromatic rings. The van der Waals surface area contributed by atoms with Gasteiger partial charge < -0.3 is 4.90 Å². The molecule has 0 aliphatic carbocycles. The van der Waals surface area contributed by atoms with Crippen molar-refractivity contribution in [3.8, 4) is 0 Å². The van der Waals surface area contributed by atoms with Gasteiger partial charge in [-0.15, -0.1) is 0 Å². The molecule has 0 unspecified atom stereocenters. The molecule has 6 heteroatoms. The second-order valence-corrected chi connectivity index (χ2v) is 10.1. The number of hydrogen-bond donors (Lipinski definition) is 1. The summed E-state index contributed by atoms with van der Waals surface area (Å²) in [6.07, 6.45) is 14.2. The molecular weight excluding hydrogens is 370 g/mol. The Balaban J connectivity index is 1.80. The first-order valence-corrected chi connectivity index (χ1v) is 12.8. The summed E-state index contributed by atoms with van der Waals surface area (Å²) in [5.41, 5.74) is 6.79. The smallest absolute Gasteiger partial charge is 0.180 e. The average Bonchev–Trinajstić information content (AvgIpc) is 3.23. The highest BCUT2D eigenvalue weighted by Crippen LogP contribution is 2.31. The molecule has 1 aliphatic rings. The van der Waals surface area contributed by atoms with Gasteiger partial charge in [0, 0.05) is 18.8 Å². The van der Waals surface area contributed by atoms with Gasteiger partial charge in [-0.05, 0) is 42.6 Å². The lowest BCUT2D eigenvalue weighted by molar-refractivity contribution is -0.210. The molecule has 0 radical (unpaired) electrons. The molecule has 1 heterocycles. The zero-order valence-electron chi connectivity index (χ0n) is 17.5. The van der Waals surface area contributed by atoms with Crippen LogP contribution < -0.4 is 10.4 Å². The molecule has 28 heavy (non-hydrogen) atoms. The number of sulfone groups is 1. The van der Waals surface area contributed by atoms with Crippen molar-refractivity contribution in [2.24, 2.45) is 5.11 Å². The third-order valence-electron chi connectivity index (χ3n) is 5.66. The second kappa shape index (κ2) is 12.2. The van der Waals surface area contributed by atoms with Gasteiger partial charge in [0.25, 0.3) is 0 Å². The van der Waals surface area contributed by atoms with Gasteiger partial charge in [-0.1, -0.05) is 64.7 Å². The predicted octanol–water partition coefficient (Wildman–Crippen LogP) is 4.82. The maximum Gasteiger partial charge on any atom is 0.180 e. The SMILES string of the molecule is CCCCCCCCCCCCS(=O)(=O)c1cc(N2CCCC2)ccc1N=[NH2+]. The highest BCUT2D eigenvalue weighted by atomic mass is 32.2. The molecule has 0 amide bonds. The summed E-state index contributed by atoms with van der Waals surface area (Å²) in [7, 11) is -3.36. The molecule has 0 aromatic heterocycles. The molecular formula is C22H38N3O2S+. The number of hydrogen-bond acceptors (Lipinski definition) is 4. The minimum absolute atomic E-state index is 0.176. The van der Waals surface area contributed by atoms with E-state index in [4.69, 9.17) is 5.53 Å². The van der Waals surface area contributed by atoms with Gasteiger partial charge in [0.1, 0.15) is 10.6 Å². The number of rotatable bonds is 14. The Morgan fingerprint density at radius 2 is 1.50 bits per heavy atom. The van der Waals surface area contributed by atoms with Crippen LogP contribution in [0, 0.1) is 0 Å². The van der Waals surface area contributed by atoms with Crippen LogP contribution in [0.1, 0.15) is 84.0 Å². The van der Waals surface area contributed by atoms with E-state index < -0.39 is 9.84 Å². The van der Waals surface area contributed by atoms with Crippen molar-refractivity contribution in [1.29, 1.82) is 0 Å². The Morgan fingerprint density at radius 1 is 0.929 bits per heavy atom. The Labute approximate surface area is 171 Å². The number of unbranched alkanes of at least 4 members (excludes halogenated alkanes) is 9. The molecule has 0 bridgehead atoms. The topological polar surface area (TPSA) is 75.3 Å². The van der Waals surface area contributed by atoms with Gasteiger partial charge in [-0.25, -0.2) is 8.42 Å². The highest BCUT2D eigenvalue weighted by molar-refractivity contribution is 7.91. The quantitative estimate of drug-likeness (QED) is 0.354. The maximum absolute atomic E-state index is 12.9. The van der Waals surface area contributed by atoms with E-state index in [1.54, 1.807) is 12.1 Å². The van der Waals surface area contributed by atoms with Gasteiger partial charge >= 0.3 is 0 Å². The normalized spacial score (nSPS) is 14.5. The average molecular weight is 409 g/mol. The van der Waals surface area contributed by atoms with E-state index in [1.165, 1.54) is 44.9 Å². The summed E-state index contributed by atoms with van der Waals surface area (Å²) in [4.78, 5) is 2.52. The van der Waals surface area contributed by atoms with Crippen molar-refractivity contribution in [3.05, 3.63) is 18.2 Å². The van der Waals surface area contributed by atoms with Crippen LogP contribution in [0.4, 0.5) is 11.4 Å². The molecule has 1 aliphatic heterocycles. The number of nitrogens with zero attached hydrogens (tertiary/aromatic N) is 2. The molecule has 2 N–H and O–H groups in total. The van der Waals surface area contributed by atoms with Crippen molar-refractivity contribution in [2.75, 3.05) is 23.7 Å². The minimum atomic E-state index is -3.36. The van der Waals surface area contributed by atoms with Crippen LogP contribution >= 0.6 is 0 Å². The zero-order chi connectivity index (χ0) is 20.2. The number of nitrogens with two attached hydrogens (primary N) is 1. The fourth-order valence-corrected chi connectivity index (χ4v) is 5.46. The fourth-order valence-electron chi connectivity index (χ4n) is 3.92. The zero-order valence-corrected chi connectivity index (χ0v) is 18.4. The van der Waals surface area contributed by atoms with Gasteiger partial charge in [-0.3, -0.25) is 0 Å². The van der Waals surface area contributed by atoms with Crippen molar-refractivity contribution in [1.82, 2.24) is 0 Å². The summed E-state index contributed by atoms with van der Waals surface area (Å²) < 4.78 is 25.8. The van der Waals surface area contributed by atoms with Crippen LogP contribution in [0.5, 0.6) is 0 Å². The molecule has 2 rings (SSSR count). The van der Waals surface area contributed by atoms with Crippen molar-refractivity contribution < 1.29 is 13.9 Å². The molecule has 158 valence electrons. The van der Waals surface area contributed by atoms with E-state index >= 15 is 0 Å². The molecule has 0 saturated carbocycles. The van der Waals surface area contributed by atoms with Crippen molar-refractivity contribution in [2.45, 2.75) is 88.9 Å². The van der Waals surface area contributed by atoms with Crippen LogP contribution in [0.3, 0.4) is 0 Å². The monoisotopic (exact) mass is 408 g/mol.